The van der Waals surface area contributed by atoms with Gasteiger partial charge in [-0.3, -0.25) is 0 Å². The van der Waals surface area contributed by atoms with Crippen LogP contribution in [-0.2, 0) is 6.42 Å². The zero-order chi connectivity index (χ0) is 12.4. The van der Waals surface area contributed by atoms with Crippen molar-refractivity contribution in [3.63, 3.8) is 0 Å². The maximum absolute atomic E-state index is 5.38. The Balaban J connectivity index is 1.64. The summed E-state index contributed by atoms with van der Waals surface area (Å²) in [7, 11) is 0. The van der Waals surface area contributed by atoms with Crippen molar-refractivity contribution >= 4 is 0 Å². The van der Waals surface area contributed by atoms with E-state index in [-0.39, 0.29) is 0 Å². The smallest absolute Gasteiger partial charge is 0.103 e. The average molecular weight is 245 g/mol. The Morgan fingerprint density at radius 1 is 1.56 bits per heavy atom. The first kappa shape index (κ1) is 11.5. The summed E-state index contributed by atoms with van der Waals surface area (Å²) in [6.07, 6.45) is 7.77. The maximum atomic E-state index is 5.38. The number of hydrogen-bond acceptors (Lipinski definition) is 3. The molecule has 1 saturated heterocycles. The van der Waals surface area contributed by atoms with Gasteiger partial charge in [-0.1, -0.05) is 0 Å². The maximum Gasteiger partial charge on any atom is 0.103 e. The fourth-order valence-electron chi connectivity index (χ4n) is 2.44. The van der Waals surface area contributed by atoms with E-state index in [1.807, 2.05) is 24.7 Å². The molecular weight excluding hydrogens is 226 g/mol. The second-order valence-electron chi connectivity index (χ2n) is 5.05. The van der Waals surface area contributed by atoms with E-state index in [0.29, 0.717) is 12.0 Å². The average Bonchev–Trinajstić information content (AvgIpc) is 2.94. The first-order chi connectivity index (χ1) is 8.84. The molecule has 1 unspecified atom stereocenters. The van der Waals surface area contributed by atoms with Gasteiger partial charge in [0.05, 0.1) is 12.6 Å². The number of hydrogen-bond donors (Lipinski definition) is 1. The second-order valence-corrected chi connectivity index (χ2v) is 5.05. The van der Waals surface area contributed by atoms with E-state index in [2.05, 4.69) is 21.8 Å². The molecule has 0 amide bonds. The Hall–Kier alpha value is -1.55. The molecule has 3 rings (SSSR count). The van der Waals surface area contributed by atoms with Gasteiger partial charge in [0.2, 0.25) is 0 Å². The van der Waals surface area contributed by atoms with Gasteiger partial charge in [0.25, 0.3) is 0 Å². The number of imidazole rings is 1. The summed E-state index contributed by atoms with van der Waals surface area (Å²) in [5.74, 6) is 1.70. The van der Waals surface area contributed by atoms with Crippen LogP contribution in [0.2, 0.25) is 0 Å². The van der Waals surface area contributed by atoms with Crippen LogP contribution >= 0.6 is 0 Å². The molecule has 1 fully saturated rings. The van der Waals surface area contributed by atoms with Gasteiger partial charge in [-0.25, -0.2) is 4.98 Å². The molecule has 0 radical (unpaired) electrons. The second kappa shape index (κ2) is 4.98. The minimum Gasteiger partial charge on any atom is -0.469 e. The van der Waals surface area contributed by atoms with Crippen LogP contribution in [0, 0.1) is 0 Å². The fraction of sp³-hybridized carbons (Fsp3) is 0.500. The number of furan rings is 1. The number of nitrogens with zero attached hydrogens (tertiary/aromatic N) is 2. The number of aryl methyl sites for hydroxylation is 1. The zero-order valence-electron chi connectivity index (χ0n) is 10.7. The topological polar surface area (TPSA) is 43.0 Å². The summed E-state index contributed by atoms with van der Waals surface area (Å²) in [4.78, 5) is 4.30. The van der Waals surface area contributed by atoms with Crippen molar-refractivity contribution < 1.29 is 4.42 Å². The molecule has 0 bridgehead atoms. The molecule has 1 N–H and O–H groups in total. The fourth-order valence-corrected chi connectivity index (χ4v) is 2.44. The zero-order valence-corrected chi connectivity index (χ0v) is 10.7. The molecule has 3 heterocycles. The summed E-state index contributed by atoms with van der Waals surface area (Å²) in [6.45, 7) is 4.41. The lowest BCUT2D eigenvalue weighted by Gasteiger charge is -2.29. The summed E-state index contributed by atoms with van der Waals surface area (Å²) in [5.41, 5.74) is 1.36. The molecule has 2 aromatic rings. The molecule has 0 spiro atoms. The molecule has 4 nitrogen and oxygen atoms in total. The van der Waals surface area contributed by atoms with E-state index in [1.54, 1.807) is 6.26 Å². The third-order valence-electron chi connectivity index (χ3n) is 3.76. The number of nitrogens with one attached hydrogen (secondary N) is 1. The van der Waals surface area contributed by atoms with Crippen molar-refractivity contribution in [2.45, 2.75) is 31.7 Å². The Morgan fingerprint density at radius 2 is 2.44 bits per heavy atom. The van der Waals surface area contributed by atoms with Crippen LogP contribution < -0.4 is 5.32 Å². The van der Waals surface area contributed by atoms with Crippen LogP contribution in [0.25, 0.3) is 0 Å². The summed E-state index contributed by atoms with van der Waals surface area (Å²) < 4.78 is 7.69. The number of rotatable bonds is 5. The van der Waals surface area contributed by atoms with Gasteiger partial charge in [-0.15, -0.1) is 0 Å². The normalized spacial score (nSPS) is 17.6. The standard InChI is InChI=1S/C14H19N3O/c1-11(4-5-13-3-2-6-18-13)17-10-16-9-14(17)12-7-15-8-12/h2-3,6,9-12,15H,4-5,7-8H2,1H3. The highest BCUT2D eigenvalue weighted by atomic mass is 16.3. The molecule has 18 heavy (non-hydrogen) atoms. The van der Waals surface area contributed by atoms with Crippen LogP contribution in [0.1, 0.15) is 36.8 Å². The van der Waals surface area contributed by atoms with Crippen LogP contribution in [-0.4, -0.2) is 22.6 Å². The molecule has 0 aliphatic carbocycles. The van der Waals surface area contributed by atoms with Gasteiger partial charge >= 0.3 is 0 Å². The lowest BCUT2D eigenvalue weighted by Crippen LogP contribution is -2.41. The van der Waals surface area contributed by atoms with Gasteiger partial charge in [-0.2, -0.15) is 0 Å². The van der Waals surface area contributed by atoms with Crippen molar-refractivity contribution in [3.05, 3.63) is 42.4 Å². The third kappa shape index (κ3) is 2.20. The van der Waals surface area contributed by atoms with Crippen LogP contribution in [0.4, 0.5) is 0 Å². The number of aromatic nitrogens is 2. The van der Waals surface area contributed by atoms with Crippen molar-refractivity contribution in [1.29, 1.82) is 0 Å². The Kier molecular flexibility index (Phi) is 3.19. The summed E-state index contributed by atoms with van der Waals surface area (Å²) in [5, 5.41) is 3.31. The minimum absolute atomic E-state index is 0.466. The van der Waals surface area contributed by atoms with E-state index in [9.17, 15) is 0 Å². The quantitative estimate of drug-likeness (QED) is 0.879. The lowest BCUT2D eigenvalue weighted by molar-refractivity contribution is 0.393. The molecule has 1 atom stereocenters. The van der Waals surface area contributed by atoms with Crippen molar-refractivity contribution in [2.75, 3.05) is 13.1 Å². The molecule has 0 aromatic carbocycles. The molecule has 4 heteroatoms. The predicted octanol–water partition coefficient (Wildman–Crippen LogP) is 2.36. The highest BCUT2D eigenvalue weighted by molar-refractivity contribution is 5.12. The van der Waals surface area contributed by atoms with E-state index >= 15 is 0 Å². The predicted molar refractivity (Wildman–Crippen MR) is 69.6 cm³/mol. The first-order valence-corrected chi connectivity index (χ1v) is 6.59. The Morgan fingerprint density at radius 3 is 3.11 bits per heavy atom. The van der Waals surface area contributed by atoms with E-state index in [0.717, 1.165) is 31.7 Å². The van der Waals surface area contributed by atoms with Crippen molar-refractivity contribution in [3.8, 4) is 0 Å². The van der Waals surface area contributed by atoms with E-state index < -0.39 is 0 Å². The van der Waals surface area contributed by atoms with Crippen molar-refractivity contribution in [1.82, 2.24) is 14.9 Å². The Bertz CT molecular complexity index is 485. The van der Waals surface area contributed by atoms with Gasteiger partial charge in [0.15, 0.2) is 0 Å². The van der Waals surface area contributed by atoms with Crippen LogP contribution in [0.3, 0.4) is 0 Å². The molecule has 1 aliphatic rings. The van der Waals surface area contributed by atoms with Crippen molar-refractivity contribution in [2.24, 2.45) is 0 Å². The van der Waals surface area contributed by atoms with Crippen LogP contribution in [0.15, 0.2) is 35.3 Å². The molecule has 96 valence electrons. The monoisotopic (exact) mass is 245 g/mol. The van der Waals surface area contributed by atoms with Gasteiger partial charge < -0.3 is 14.3 Å². The molecule has 2 aromatic heterocycles. The van der Waals surface area contributed by atoms with E-state index in [4.69, 9.17) is 4.42 Å². The molecule has 0 saturated carbocycles. The molecule has 1 aliphatic heterocycles. The molecular formula is C14H19N3O. The van der Waals surface area contributed by atoms with Gasteiger partial charge in [0, 0.05) is 43.4 Å². The third-order valence-corrected chi connectivity index (χ3v) is 3.76. The minimum atomic E-state index is 0.466. The highest BCUT2D eigenvalue weighted by Gasteiger charge is 2.23. The lowest BCUT2D eigenvalue weighted by atomic mass is 9.99. The largest absolute Gasteiger partial charge is 0.469 e. The van der Waals surface area contributed by atoms with Crippen LogP contribution in [0.5, 0.6) is 0 Å². The Labute approximate surface area is 107 Å². The summed E-state index contributed by atoms with van der Waals surface area (Å²) >= 11 is 0. The highest BCUT2D eigenvalue weighted by Crippen LogP contribution is 2.24. The SMILES string of the molecule is CC(CCc1ccco1)n1cncc1C1CNC1. The summed E-state index contributed by atoms with van der Waals surface area (Å²) in [6, 6.07) is 4.45. The van der Waals surface area contributed by atoms with Gasteiger partial charge in [0.1, 0.15) is 5.76 Å². The van der Waals surface area contributed by atoms with Gasteiger partial charge in [-0.05, 0) is 25.5 Å². The first-order valence-electron chi connectivity index (χ1n) is 6.59. The van der Waals surface area contributed by atoms with E-state index in [1.165, 1.54) is 5.69 Å².